The second-order valence-corrected chi connectivity index (χ2v) is 4.24. The van der Waals surface area contributed by atoms with Gasteiger partial charge in [0.2, 0.25) is 0 Å². The fraction of sp³-hybridized carbons (Fsp3) is 0.667. The molecule has 5 nitrogen and oxygen atoms in total. The molecule has 0 saturated carbocycles. The van der Waals surface area contributed by atoms with Crippen molar-refractivity contribution >= 4 is 5.82 Å². The molecule has 0 unspecified atom stereocenters. The lowest BCUT2D eigenvalue weighted by Crippen LogP contribution is -2.26. The van der Waals surface area contributed by atoms with Crippen LogP contribution in [0.3, 0.4) is 0 Å². The van der Waals surface area contributed by atoms with Gasteiger partial charge in [-0.1, -0.05) is 0 Å². The van der Waals surface area contributed by atoms with E-state index in [0.29, 0.717) is 6.01 Å². The first-order valence-electron chi connectivity index (χ1n) is 5.98. The topological polar surface area (TPSA) is 56.3 Å². The van der Waals surface area contributed by atoms with E-state index in [1.54, 1.807) is 0 Å². The molecule has 5 heteroatoms. The van der Waals surface area contributed by atoms with E-state index in [4.69, 9.17) is 9.47 Å². The zero-order valence-corrected chi connectivity index (χ0v) is 10.6. The molecule has 2 rings (SSSR count). The second-order valence-electron chi connectivity index (χ2n) is 4.24. The molecule has 0 aromatic carbocycles. The van der Waals surface area contributed by atoms with Crippen LogP contribution in [-0.4, -0.2) is 36.3 Å². The lowest BCUT2D eigenvalue weighted by molar-refractivity contribution is 0.0217. The first-order valence-corrected chi connectivity index (χ1v) is 5.98. The summed E-state index contributed by atoms with van der Waals surface area (Å²) in [7, 11) is 1.85. The third-order valence-corrected chi connectivity index (χ3v) is 3.05. The molecule has 0 aliphatic carbocycles. The minimum atomic E-state index is 0.176. The molecule has 0 atom stereocenters. The number of hydrogen-bond acceptors (Lipinski definition) is 5. The zero-order valence-electron chi connectivity index (χ0n) is 10.6. The van der Waals surface area contributed by atoms with Gasteiger partial charge in [-0.3, -0.25) is 0 Å². The summed E-state index contributed by atoms with van der Waals surface area (Å²) in [5.74, 6) is 0.833. The van der Waals surface area contributed by atoms with E-state index in [1.165, 1.54) is 0 Å². The van der Waals surface area contributed by atoms with Crippen LogP contribution in [0, 0.1) is 13.8 Å². The summed E-state index contributed by atoms with van der Waals surface area (Å²) < 4.78 is 11.1. The summed E-state index contributed by atoms with van der Waals surface area (Å²) in [6.07, 6.45) is 1.99. The van der Waals surface area contributed by atoms with Gasteiger partial charge in [-0.05, 0) is 13.8 Å². The van der Waals surface area contributed by atoms with Gasteiger partial charge >= 0.3 is 6.01 Å². The van der Waals surface area contributed by atoms with Crippen molar-refractivity contribution in [1.82, 2.24) is 9.97 Å². The maximum atomic E-state index is 5.79. The fourth-order valence-electron chi connectivity index (χ4n) is 1.84. The van der Waals surface area contributed by atoms with Crippen molar-refractivity contribution in [2.75, 3.05) is 25.6 Å². The van der Waals surface area contributed by atoms with E-state index >= 15 is 0 Å². The Kier molecular flexibility index (Phi) is 3.78. The smallest absolute Gasteiger partial charge is 0.318 e. The maximum absolute atomic E-state index is 5.79. The van der Waals surface area contributed by atoms with Gasteiger partial charge in [0.25, 0.3) is 0 Å². The van der Waals surface area contributed by atoms with Gasteiger partial charge in [-0.25, -0.2) is 4.98 Å². The molecule has 1 aliphatic rings. The van der Waals surface area contributed by atoms with Crippen LogP contribution in [0.4, 0.5) is 5.82 Å². The largest absolute Gasteiger partial charge is 0.460 e. The van der Waals surface area contributed by atoms with Crippen LogP contribution in [0.25, 0.3) is 0 Å². The molecular formula is C12H19N3O2. The standard InChI is InChI=1S/C12H19N3O2/c1-8-9(2)14-12(15-11(8)13-3)17-10-4-6-16-7-5-10/h10H,4-7H2,1-3H3,(H,13,14,15). The summed E-state index contributed by atoms with van der Waals surface area (Å²) >= 11 is 0. The number of aryl methyl sites for hydroxylation is 1. The molecule has 1 aromatic rings. The highest BCUT2D eigenvalue weighted by Crippen LogP contribution is 2.20. The number of nitrogens with one attached hydrogen (secondary N) is 1. The number of ether oxygens (including phenoxy) is 2. The first kappa shape index (κ1) is 12.1. The highest BCUT2D eigenvalue weighted by atomic mass is 16.5. The van der Waals surface area contributed by atoms with Gasteiger partial charge in [0.1, 0.15) is 11.9 Å². The normalized spacial score (nSPS) is 16.9. The van der Waals surface area contributed by atoms with E-state index < -0.39 is 0 Å². The minimum absolute atomic E-state index is 0.176. The van der Waals surface area contributed by atoms with Gasteiger partial charge in [-0.2, -0.15) is 4.98 Å². The first-order chi connectivity index (χ1) is 8.20. The highest BCUT2D eigenvalue weighted by molar-refractivity contribution is 5.45. The Hall–Kier alpha value is -1.36. The van der Waals surface area contributed by atoms with Crippen LogP contribution >= 0.6 is 0 Å². The minimum Gasteiger partial charge on any atom is -0.460 e. The lowest BCUT2D eigenvalue weighted by atomic mass is 10.2. The molecule has 1 aromatic heterocycles. The third-order valence-electron chi connectivity index (χ3n) is 3.05. The number of aromatic nitrogens is 2. The molecule has 0 amide bonds. The fourth-order valence-corrected chi connectivity index (χ4v) is 1.84. The van der Waals surface area contributed by atoms with E-state index in [-0.39, 0.29) is 6.10 Å². The Bertz CT molecular complexity index is 390. The summed E-state index contributed by atoms with van der Waals surface area (Å²) in [6, 6.07) is 0.462. The average molecular weight is 237 g/mol. The predicted molar refractivity (Wildman–Crippen MR) is 65.5 cm³/mol. The Balaban J connectivity index is 2.12. The second kappa shape index (κ2) is 5.31. The Labute approximate surface area is 102 Å². The summed E-state index contributed by atoms with van der Waals surface area (Å²) in [4.78, 5) is 8.72. The Morgan fingerprint density at radius 2 is 1.94 bits per heavy atom. The van der Waals surface area contributed by atoms with Crippen molar-refractivity contribution in [3.63, 3.8) is 0 Å². The number of hydrogen-bond donors (Lipinski definition) is 1. The van der Waals surface area contributed by atoms with Gasteiger partial charge in [0.15, 0.2) is 0 Å². The van der Waals surface area contributed by atoms with Crippen molar-refractivity contribution < 1.29 is 9.47 Å². The van der Waals surface area contributed by atoms with Crippen molar-refractivity contribution in [3.8, 4) is 6.01 Å². The van der Waals surface area contributed by atoms with Crippen LogP contribution in [-0.2, 0) is 4.74 Å². The van der Waals surface area contributed by atoms with Gasteiger partial charge in [0, 0.05) is 31.1 Å². The predicted octanol–water partition coefficient (Wildman–Crippen LogP) is 1.69. The Morgan fingerprint density at radius 3 is 2.59 bits per heavy atom. The van der Waals surface area contributed by atoms with Crippen LogP contribution in [0.15, 0.2) is 0 Å². The van der Waals surface area contributed by atoms with Crippen molar-refractivity contribution in [2.24, 2.45) is 0 Å². The van der Waals surface area contributed by atoms with Crippen LogP contribution in [0.5, 0.6) is 6.01 Å². The Morgan fingerprint density at radius 1 is 1.24 bits per heavy atom. The summed E-state index contributed by atoms with van der Waals surface area (Å²) in [6.45, 7) is 5.48. The maximum Gasteiger partial charge on any atom is 0.318 e. The third kappa shape index (κ3) is 2.85. The van der Waals surface area contributed by atoms with Gasteiger partial charge in [-0.15, -0.1) is 0 Å². The van der Waals surface area contributed by atoms with Crippen molar-refractivity contribution in [1.29, 1.82) is 0 Å². The number of anilines is 1. The molecule has 1 aliphatic heterocycles. The lowest BCUT2D eigenvalue weighted by Gasteiger charge is -2.22. The molecule has 1 N–H and O–H groups in total. The van der Waals surface area contributed by atoms with E-state index in [0.717, 1.165) is 43.1 Å². The molecule has 2 heterocycles. The molecule has 0 bridgehead atoms. The summed E-state index contributed by atoms with van der Waals surface area (Å²) in [5, 5.41) is 3.06. The molecule has 94 valence electrons. The summed E-state index contributed by atoms with van der Waals surface area (Å²) in [5.41, 5.74) is 2.01. The van der Waals surface area contributed by atoms with E-state index in [2.05, 4.69) is 15.3 Å². The van der Waals surface area contributed by atoms with E-state index in [1.807, 2.05) is 20.9 Å². The van der Waals surface area contributed by atoms with E-state index in [9.17, 15) is 0 Å². The van der Waals surface area contributed by atoms with Crippen molar-refractivity contribution in [3.05, 3.63) is 11.3 Å². The number of rotatable bonds is 3. The molecule has 0 spiro atoms. The molecule has 1 saturated heterocycles. The van der Waals surface area contributed by atoms with Crippen molar-refractivity contribution in [2.45, 2.75) is 32.8 Å². The SMILES string of the molecule is CNc1nc(OC2CCOCC2)nc(C)c1C. The van der Waals surface area contributed by atoms with Crippen LogP contribution in [0.2, 0.25) is 0 Å². The average Bonchev–Trinajstić information content (AvgIpc) is 2.35. The number of nitrogens with zero attached hydrogens (tertiary/aromatic N) is 2. The molecule has 17 heavy (non-hydrogen) atoms. The van der Waals surface area contributed by atoms with Gasteiger partial charge in [0.05, 0.1) is 13.2 Å². The zero-order chi connectivity index (χ0) is 12.3. The van der Waals surface area contributed by atoms with Gasteiger partial charge < -0.3 is 14.8 Å². The monoisotopic (exact) mass is 237 g/mol. The van der Waals surface area contributed by atoms with Crippen LogP contribution < -0.4 is 10.1 Å². The molecule has 1 fully saturated rings. The highest BCUT2D eigenvalue weighted by Gasteiger charge is 2.17. The van der Waals surface area contributed by atoms with Crippen LogP contribution in [0.1, 0.15) is 24.1 Å². The quantitative estimate of drug-likeness (QED) is 0.867. The molecule has 0 radical (unpaired) electrons. The molecular weight excluding hydrogens is 218 g/mol.